The Morgan fingerprint density at radius 3 is 1.88 bits per heavy atom. The third-order valence-electron chi connectivity index (χ3n) is 2.49. The Labute approximate surface area is 104 Å². The van der Waals surface area contributed by atoms with Crippen LogP contribution in [0.2, 0.25) is 0 Å². The maximum Gasteiger partial charge on any atom is 0.631 e. The molecule has 0 unspecified atom stereocenters. The largest absolute Gasteiger partial charge is 0.631 e. The van der Waals surface area contributed by atoms with Gasteiger partial charge in [-0.1, -0.05) is 6.08 Å². The second-order valence-corrected chi connectivity index (χ2v) is 4.70. The number of hydrogen-bond acceptors (Lipinski definition) is 5. The topological polar surface area (TPSA) is 90.2 Å². The number of allylic oxidation sites excluding steroid dienone is 1. The highest BCUT2D eigenvalue weighted by molar-refractivity contribution is 6.30. The van der Waals surface area contributed by atoms with Crippen LogP contribution in [0.1, 0.15) is 40.5 Å². The fraction of sp³-hybridized carbons (Fsp3) is 0.818. The van der Waals surface area contributed by atoms with Crippen LogP contribution >= 0.6 is 0 Å². The molecule has 0 spiro atoms. The summed E-state index contributed by atoms with van der Waals surface area (Å²) in [4.78, 5) is 0. The maximum atomic E-state index is 9.76. The summed E-state index contributed by atoms with van der Waals surface area (Å²) in [6, 6.07) is 0. The summed E-state index contributed by atoms with van der Waals surface area (Å²) in [5.74, 6) is 0. The average Bonchev–Trinajstić information content (AvgIpc) is 2.09. The number of rotatable bonds is 6. The lowest BCUT2D eigenvalue weighted by molar-refractivity contribution is -0.147. The van der Waals surface area contributed by atoms with E-state index in [-0.39, 0.29) is 0 Å². The molecule has 0 fully saturated rings. The van der Waals surface area contributed by atoms with Crippen LogP contribution in [-0.2, 0) is 4.74 Å². The minimum Gasteiger partial charge on any atom is -0.402 e. The van der Waals surface area contributed by atoms with E-state index in [9.17, 15) is 5.11 Å². The van der Waals surface area contributed by atoms with Gasteiger partial charge in [-0.2, -0.15) is 0 Å². The van der Waals surface area contributed by atoms with Gasteiger partial charge in [0, 0.05) is 6.61 Å². The zero-order valence-corrected chi connectivity index (χ0v) is 11.2. The van der Waals surface area contributed by atoms with Crippen molar-refractivity contribution >= 4 is 7.32 Å². The fourth-order valence-electron chi connectivity index (χ4n) is 0.732. The van der Waals surface area contributed by atoms with Crippen molar-refractivity contribution in [2.24, 2.45) is 0 Å². The highest BCUT2D eigenvalue weighted by Gasteiger charge is 2.35. The molecule has 0 bridgehead atoms. The van der Waals surface area contributed by atoms with E-state index in [1.54, 1.807) is 13.8 Å². The monoisotopic (exact) mass is 248 g/mol. The molecule has 17 heavy (non-hydrogen) atoms. The highest BCUT2D eigenvalue weighted by atomic mass is 16.5. The van der Waals surface area contributed by atoms with Gasteiger partial charge < -0.3 is 24.9 Å². The van der Waals surface area contributed by atoms with E-state index in [0.717, 1.165) is 12.8 Å². The first kappa shape index (κ1) is 19.0. The molecular formula is C11H25BO5. The Balaban J connectivity index is 0. The van der Waals surface area contributed by atoms with E-state index in [2.05, 4.69) is 6.58 Å². The second-order valence-electron chi connectivity index (χ2n) is 4.70. The van der Waals surface area contributed by atoms with Gasteiger partial charge in [0.25, 0.3) is 0 Å². The summed E-state index contributed by atoms with van der Waals surface area (Å²) < 4.78 is 5.60. The van der Waals surface area contributed by atoms with Crippen molar-refractivity contribution in [1.29, 1.82) is 0 Å². The molecule has 0 aromatic rings. The van der Waals surface area contributed by atoms with Crippen molar-refractivity contribution in [2.75, 3.05) is 6.61 Å². The maximum absolute atomic E-state index is 9.76. The van der Waals surface area contributed by atoms with E-state index in [0.29, 0.717) is 6.61 Å². The van der Waals surface area contributed by atoms with Crippen LogP contribution in [0.3, 0.4) is 0 Å². The molecule has 0 aliphatic heterocycles. The fourth-order valence-corrected chi connectivity index (χ4v) is 0.732. The molecule has 5 nitrogen and oxygen atoms in total. The standard InChI is InChI=1S/C11H22O2.BH3O3/c1-6-7-8-9-13-11(4,5)10(2,3)12;2-1(3)4/h6,12H,1,7-9H2,2-5H3;2-4H. The van der Waals surface area contributed by atoms with E-state index in [4.69, 9.17) is 19.8 Å². The van der Waals surface area contributed by atoms with Crippen LogP contribution in [0.25, 0.3) is 0 Å². The summed E-state index contributed by atoms with van der Waals surface area (Å²) >= 11 is 0. The van der Waals surface area contributed by atoms with Crippen LogP contribution < -0.4 is 0 Å². The molecular weight excluding hydrogens is 223 g/mol. The predicted octanol–water partition coefficient (Wildman–Crippen LogP) is 0.467. The van der Waals surface area contributed by atoms with Crippen molar-refractivity contribution in [3.63, 3.8) is 0 Å². The van der Waals surface area contributed by atoms with Crippen LogP contribution in [0, 0.1) is 0 Å². The number of aliphatic hydroxyl groups is 1. The lowest BCUT2D eigenvalue weighted by atomic mass is 9.89. The molecule has 6 heteroatoms. The van der Waals surface area contributed by atoms with Crippen molar-refractivity contribution in [2.45, 2.75) is 51.7 Å². The highest BCUT2D eigenvalue weighted by Crippen LogP contribution is 2.24. The minimum absolute atomic E-state index is 0.492. The normalized spacial score (nSPS) is 11.5. The van der Waals surface area contributed by atoms with Gasteiger partial charge in [-0.05, 0) is 40.5 Å². The van der Waals surface area contributed by atoms with Crippen LogP contribution in [0.15, 0.2) is 12.7 Å². The molecule has 102 valence electrons. The van der Waals surface area contributed by atoms with Gasteiger partial charge in [-0.3, -0.25) is 0 Å². The Hall–Kier alpha value is -0.395. The molecule has 4 N–H and O–H groups in total. The summed E-state index contributed by atoms with van der Waals surface area (Å²) in [7, 11) is -2.17. The summed E-state index contributed by atoms with van der Waals surface area (Å²) in [5.41, 5.74) is -1.30. The quantitative estimate of drug-likeness (QED) is 0.311. The van der Waals surface area contributed by atoms with Gasteiger partial charge >= 0.3 is 7.32 Å². The van der Waals surface area contributed by atoms with Gasteiger partial charge in [0.1, 0.15) is 0 Å². The predicted molar refractivity (Wildman–Crippen MR) is 68.2 cm³/mol. The molecule has 0 saturated heterocycles. The van der Waals surface area contributed by atoms with Gasteiger partial charge in [-0.25, -0.2) is 0 Å². The van der Waals surface area contributed by atoms with Gasteiger partial charge in [-0.15, -0.1) is 6.58 Å². The Morgan fingerprint density at radius 1 is 1.18 bits per heavy atom. The van der Waals surface area contributed by atoms with Crippen molar-refractivity contribution in [3.8, 4) is 0 Å². The van der Waals surface area contributed by atoms with E-state index < -0.39 is 18.5 Å². The molecule has 0 aromatic carbocycles. The Morgan fingerprint density at radius 2 is 1.59 bits per heavy atom. The number of ether oxygens (including phenoxy) is 1. The summed E-state index contributed by atoms with van der Waals surface area (Å²) in [6.07, 6.45) is 3.80. The molecule has 0 atom stereocenters. The molecule has 0 aliphatic carbocycles. The molecule has 0 saturated carbocycles. The van der Waals surface area contributed by atoms with Crippen molar-refractivity contribution in [1.82, 2.24) is 0 Å². The first-order valence-corrected chi connectivity index (χ1v) is 5.56. The SMILES string of the molecule is C=CCCCOC(C)(C)C(C)(C)O.OB(O)O. The van der Waals surface area contributed by atoms with Gasteiger partial charge in [0.15, 0.2) is 0 Å². The molecule has 0 aromatic heterocycles. The molecule has 0 amide bonds. The van der Waals surface area contributed by atoms with Gasteiger partial charge in [0.2, 0.25) is 0 Å². The lowest BCUT2D eigenvalue weighted by Gasteiger charge is -2.37. The minimum atomic E-state index is -2.17. The number of hydrogen-bond donors (Lipinski definition) is 4. The first-order valence-electron chi connectivity index (χ1n) is 5.56. The zero-order chi connectivity index (χ0) is 14.1. The van der Waals surface area contributed by atoms with E-state index in [1.165, 1.54) is 0 Å². The molecule has 0 aliphatic rings. The third kappa shape index (κ3) is 11.9. The van der Waals surface area contributed by atoms with Crippen molar-refractivity contribution in [3.05, 3.63) is 12.7 Å². The van der Waals surface area contributed by atoms with Gasteiger partial charge in [0.05, 0.1) is 11.2 Å². The van der Waals surface area contributed by atoms with E-state index in [1.807, 2.05) is 19.9 Å². The lowest BCUT2D eigenvalue weighted by Crippen LogP contribution is -2.47. The molecule has 0 heterocycles. The number of unbranched alkanes of at least 4 members (excludes halogenated alkanes) is 1. The average molecular weight is 248 g/mol. The van der Waals surface area contributed by atoms with Crippen LogP contribution in [0.4, 0.5) is 0 Å². The van der Waals surface area contributed by atoms with Crippen molar-refractivity contribution < 1.29 is 24.9 Å². The van der Waals surface area contributed by atoms with Crippen LogP contribution in [-0.4, -0.2) is 45.3 Å². The Bertz CT molecular complexity index is 196. The third-order valence-corrected chi connectivity index (χ3v) is 2.49. The van der Waals surface area contributed by atoms with Crippen LogP contribution in [0.5, 0.6) is 0 Å². The molecule has 0 rings (SSSR count). The Kier molecular flexibility index (Phi) is 9.66. The molecule has 0 radical (unpaired) electrons. The summed E-state index contributed by atoms with van der Waals surface area (Å²) in [5, 5.41) is 31.3. The first-order chi connectivity index (χ1) is 7.54. The second kappa shape index (κ2) is 8.66. The summed E-state index contributed by atoms with van der Waals surface area (Å²) in [6.45, 7) is 11.6. The smallest absolute Gasteiger partial charge is 0.402 e. The van der Waals surface area contributed by atoms with E-state index >= 15 is 0 Å². The zero-order valence-electron chi connectivity index (χ0n) is 11.2.